The lowest BCUT2D eigenvalue weighted by Crippen LogP contribution is -2.54. The first-order valence-electron chi connectivity index (χ1n) is 13.9. The zero-order chi connectivity index (χ0) is 27.0. The minimum absolute atomic E-state index is 0.0443. The second kappa shape index (κ2) is 10.6. The number of nitrogens with zero attached hydrogens (tertiary/aromatic N) is 1. The van der Waals surface area contributed by atoms with Gasteiger partial charge in [0.1, 0.15) is 17.9 Å². The largest absolute Gasteiger partial charge is 0.488 e. The third-order valence-corrected chi connectivity index (χ3v) is 8.70. The van der Waals surface area contributed by atoms with Gasteiger partial charge in [0.05, 0.1) is 5.60 Å². The number of carbonyl (C=O) groups is 1. The number of hydrogen-bond donors (Lipinski definition) is 1. The topological polar surface area (TPSA) is 80.0 Å². The van der Waals surface area contributed by atoms with Crippen LogP contribution in [-0.2, 0) is 17.8 Å². The number of hydrogen-bond acceptors (Lipinski definition) is 5. The molecule has 1 aliphatic heterocycles. The monoisotopic (exact) mass is 517 g/mol. The molecular formula is C32H39NO5. The van der Waals surface area contributed by atoms with Crippen molar-refractivity contribution in [1.29, 1.82) is 0 Å². The van der Waals surface area contributed by atoms with E-state index in [4.69, 9.17) is 9.15 Å². The van der Waals surface area contributed by atoms with E-state index in [-0.39, 0.29) is 18.2 Å². The SMILES string of the molecule is Cc1cc(C)cc(COc2ccc3c(C)c(CCC(=O)N4CC[C@@]5(O)CCCC[C@@H]5C4)c(=O)oc3c2C)c1. The normalized spacial score (nSPS) is 21.4. The summed E-state index contributed by atoms with van der Waals surface area (Å²) in [5.41, 5.74) is 5.23. The molecule has 6 heteroatoms. The summed E-state index contributed by atoms with van der Waals surface area (Å²) >= 11 is 0. The van der Waals surface area contributed by atoms with Crippen LogP contribution in [0.3, 0.4) is 0 Å². The molecule has 6 nitrogen and oxygen atoms in total. The molecule has 3 aromatic rings. The Kier molecular flexibility index (Phi) is 7.36. The molecule has 2 atom stereocenters. The molecule has 0 unspecified atom stereocenters. The Morgan fingerprint density at radius 3 is 2.61 bits per heavy atom. The number of fused-ring (bicyclic) bond motifs is 2. The quantitative estimate of drug-likeness (QED) is 0.425. The van der Waals surface area contributed by atoms with Crippen LogP contribution in [-0.4, -0.2) is 34.6 Å². The molecule has 2 aliphatic rings. The molecule has 1 saturated heterocycles. The van der Waals surface area contributed by atoms with Crippen molar-refractivity contribution in [3.63, 3.8) is 0 Å². The maximum Gasteiger partial charge on any atom is 0.339 e. The molecule has 202 valence electrons. The summed E-state index contributed by atoms with van der Waals surface area (Å²) in [4.78, 5) is 28.0. The zero-order valence-corrected chi connectivity index (χ0v) is 23.1. The summed E-state index contributed by atoms with van der Waals surface area (Å²) in [6.07, 6.45) is 5.25. The molecule has 1 N–H and O–H groups in total. The van der Waals surface area contributed by atoms with Crippen molar-refractivity contribution >= 4 is 16.9 Å². The van der Waals surface area contributed by atoms with Crippen molar-refractivity contribution in [1.82, 2.24) is 4.90 Å². The molecular weight excluding hydrogens is 478 g/mol. The van der Waals surface area contributed by atoms with Gasteiger partial charge in [-0.05, 0) is 76.6 Å². The average Bonchev–Trinajstić information content (AvgIpc) is 2.87. The Labute approximate surface area is 224 Å². The fraction of sp³-hybridized carbons (Fsp3) is 0.500. The first-order valence-corrected chi connectivity index (χ1v) is 13.9. The van der Waals surface area contributed by atoms with Gasteiger partial charge < -0.3 is 19.2 Å². The van der Waals surface area contributed by atoms with E-state index in [0.29, 0.717) is 49.4 Å². The van der Waals surface area contributed by atoms with E-state index in [0.717, 1.165) is 47.8 Å². The Balaban J connectivity index is 1.29. The van der Waals surface area contributed by atoms with Gasteiger partial charge in [0.2, 0.25) is 5.91 Å². The molecule has 2 aromatic carbocycles. The zero-order valence-electron chi connectivity index (χ0n) is 23.1. The number of aryl methyl sites for hydroxylation is 4. The summed E-state index contributed by atoms with van der Waals surface area (Å²) in [5.74, 6) is 0.897. The fourth-order valence-corrected chi connectivity index (χ4v) is 6.52. The molecule has 38 heavy (non-hydrogen) atoms. The van der Waals surface area contributed by atoms with Crippen LogP contribution in [0.5, 0.6) is 5.75 Å². The van der Waals surface area contributed by atoms with Gasteiger partial charge >= 0.3 is 5.63 Å². The van der Waals surface area contributed by atoms with E-state index < -0.39 is 11.2 Å². The van der Waals surface area contributed by atoms with Gasteiger partial charge in [-0.2, -0.15) is 0 Å². The second-order valence-corrected chi connectivity index (χ2v) is 11.5. The summed E-state index contributed by atoms with van der Waals surface area (Å²) in [5, 5.41) is 11.8. The highest BCUT2D eigenvalue weighted by Gasteiger charge is 2.43. The minimum atomic E-state index is -0.607. The van der Waals surface area contributed by atoms with Crippen LogP contribution in [0.25, 0.3) is 11.0 Å². The maximum absolute atomic E-state index is 13.1. The van der Waals surface area contributed by atoms with E-state index >= 15 is 0 Å². The Hall–Kier alpha value is -3.12. The van der Waals surface area contributed by atoms with Crippen molar-refractivity contribution in [2.75, 3.05) is 13.1 Å². The summed E-state index contributed by atoms with van der Waals surface area (Å²) < 4.78 is 11.9. The lowest BCUT2D eigenvalue weighted by molar-refractivity contribution is -0.143. The van der Waals surface area contributed by atoms with Crippen LogP contribution in [0.15, 0.2) is 39.5 Å². The third-order valence-electron chi connectivity index (χ3n) is 8.70. The number of likely N-dealkylation sites (tertiary alicyclic amines) is 1. The average molecular weight is 518 g/mol. The van der Waals surface area contributed by atoms with Crippen molar-refractivity contribution in [2.24, 2.45) is 5.92 Å². The lowest BCUT2D eigenvalue weighted by Gasteiger charge is -2.47. The van der Waals surface area contributed by atoms with E-state index in [1.54, 1.807) is 0 Å². The maximum atomic E-state index is 13.1. The van der Waals surface area contributed by atoms with E-state index in [2.05, 4.69) is 32.0 Å². The molecule has 0 radical (unpaired) electrons. The number of aliphatic hydroxyl groups is 1. The molecule has 2 heterocycles. The smallest absolute Gasteiger partial charge is 0.339 e. The van der Waals surface area contributed by atoms with Crippen LogP contribution in [0.2, 0.25) is 0 Å². The highest BCUT2D eigenvalue weighted by molar-refractivity contribution is 5.86. The van der Waals surface area contributed by atoms with Gasteiger partial charge in [0.15, 0.2) is 0 Å². The number of carbonyl (C=O) groups excluding carboxylic acids is 1. The second-order valence-electron chi connectivity index (χ2n) is 11.5. The van der Waals surface area contributed by atoms with E-state index in [1.807, 2.05) is 30.9 Å². The van der Waals surface area contributed by atoms with Crippen LogP contribution in [0.4, 0.5) is 0 Å². The molecule has 5 rings (SSSR count). The summed E-state index contributed by atoms with van der Waals surface area (Å²) in [6, 6.07) is 10.2. The highest BCUT2D eigenvalue weighted by atomic mass is 16.5. The number of rotatable bonds is 6. The van der Waals surface area contributed by atoms with Crippen molar-refractivity contribution in [2.45, 2.75) is 84.8 Å². The Bertz CT molecular complexity index is 1400. The summed E-state index contributed by atoms with van der Waals surface area (Å²) in [7, 11) is 0. The van der Waals surface area contributed by atoms with Crippen LogP contribution >= 0.6 is 0 Å². The number of benzene rings is 2. The van der Waals surface area contributed by atoms with Crippen molar-refractivity contribution in [3.8, 4) is 5.75 Å². The molecule has 1 amide bonds. The third kappa shape index (κ3) is 5.24. The van der Waals surface area contributed by atoms with E-state index in [1.165, 1.54) is 11.1 Å². The van der Waals surface area contributed by atoms with Crippen LogP contribution in [0.1, 0.15) is 71.9 Å². The van der Waals surface area contributed by atoms with Gasteiger partial charge in [-0.25, -0.2) is 4.79 Å². The molecule has 1 aliphatic carbocycles. The van der Waals surface area contributed by atoms with Gasteiger partial charge in [-0.15, -0.1) is 0 Å². The molecule has 1 saturated carbocycles. The van der Waals surface area contributed by atoms with Crippen LogP contribution in [0, 0.1) is 33.6 Å². The van der Waals surface area contributed by atoms with Gasteiger partial charge in [-0.1, -0.05) is 42.2 Å². The molecule has 1 aromatic heterocycles. The predicted octanol–water partition coefficient (Wildman–Crippen LogP) is 5.69. The Morgan fingerprint density at radius 2 is 1.84 bits per heavy atom. The molecule has 0 bridgehead atoms. The molecule has 0 spiro atoms. The lowest BCUT2D eigenvalue weighted by atomic mass is 9.71. The van der Waals surface area contributed by atoms with Gasteiger partial charge in [0, 0.05) is 41.9 Å². The highest BCUT2D eigenvalue weighted by Crippen LogP contribution is 2.40. The predicted molar refractivity (Wildman–Crippen MR) is 149 cm³/mol. The first kappa shape index (κ1) is 26.5. The van der Waals surface area contributed by atoms with Gasteiger partial charge in [0.25, 0.3) is 0 Å². The number of piperidine rings is 1. The number of amides is 1. The Morgan fingerprint density at radius 1 is 1.08 bits per heavy atom. The number of ether oxygens (including phenoxy) is 1. The summed E-state index contributed by atoms with van der Waals surface area (Å²) in [6.45, 7) is 9.62. The molecule has 2 fully saturated rings. The van der Waals surface area contributed by atoms with Crippen LogP contribution < -0.4 is 10.4 Å². The minimum Gasteiger partial charge on any atom is -0.488 e. The van der Waals surface area contributed by atoms with Gasteiger partial charge in [-0.3, -0.25) is 4.79 Å². The fourth-order valence-electron chi connectivity index (χ4n) is 6.52. The first-order chi connectivity index (χ1) is 18.1. The van der Waals surface area contributed by atoms with Crippen molar-refractivity contribution in [3.05, 3.63) is 74.1 Å². The van der Waals surface area contributed by atoms with Crippen molar-refractivity contribution < 1.29 is 19.1 Å². The van der Waals surface area contributed by atoms with E-state index in [9.17, 15) is 14.7 Å². The standard InChI is InChI=1S/C32H39NO5/c1-20-15-21(2)17-24(16-20)19-37-28-10-8-26-22(3)27(31(35)38-30(26)23(28)4)9-11-29(34)33-14-13-32(36)12-6-5-7-25(32)18-33/h8,10,15-17,25,36H,5-7,9,11-14,18-19H2,1-4H3/t25-,32+/m1/s1.